The minimum Gasteiger partial charge on any atom is -0.357 e. The molecular weight excluding hydrogens is 406 g/mol. The Morgan fingerprint density at radius 2 is 1.72 bits per heavy atom. The Bertz CT molecular complexity index is 751. The van der Waals surface area contributed by atoms with Gasteiger partial charge in [-0.2, -0.15) is 4.31 Å². The van der Waals surface area contributed by atoms with E-state index in [-0.39, 0.29) is 0 Å². The molecular formula is C20H35N5O2S2. The molecule has 0 spiro atoms. The van der Waals surface area contributed by atoms with Crippen molar-refractivity contribution in [1.29, 1.82) is 0 Å². The minimum absolute atomic E-state index is 0.438. The van der Waals surface area contributed by atoms with E-state index in [0.717, 1.165) is 49.7 Å². The van der Waals surface area contributed by atoms with Crippen LogP contribution in [0.25, 0.3) is 0 Å². The van der Waals surface area contributed by atoms with E-state index in [1.54, 1.807) is 10.4 Å². The van der Waals surface area contributed by atoms with Crippen molar-refractivity contribution in [3.63, 3.8) is 0 Å². The molecule has 29 heavy (non-hydrogen) atoms. The fourth-order valence-corrected chi connectivity index (χ4v) is 6.78. The van der Waals surface area contributed by atoms with Crippen molar-refractivity contribution in [3.8, 4) is 0 Å². The maximum absolute atomic E-state index is 12.8. The maximum Gasteiger partial charge on any atom is 0.252 e. The van der Waals surface area contributed by atoms with Gasteiger partial charge in [0.1, 0.15) is 4.21 Å². The molecule has 7 nitrogen and oxygen atoms in total. The molecule has 2 fully saturated rings. The van der Waals surface area contributed by atoms with Gasteiger partial charge in [0.15, 0.2) is 5.96 Å². The van der Waals surface area contributed by atoms with Gasteiger partial charge in [-0.25, -0.2) is 13.4 Å². The first-order valence-corrected chi connectivity index (χ1v) is 13.2. The highest BCUT2D eigenvalue weighted by Crippen LogP contribution is 2.27. The Balaban J connectivity index is 1.53. The Labute approximate surface area is 179 Å². The second kappa shape index (κ2) is 11.3. The van der Waals surface area contributed by atoms with Gasteiger partial charge in [-0.05, 0) is 57.8 Å². The standard InChI is InChI=1S/C20H35N5O2S2/c1-2-21-20(22-11-16-24-12-5-3-6-13-24)23-17-18-9-10-19(28-18)29(26,27)25-14-7-4-8-15-25/h9-10H,2-8,11-17H2,1H3,(H2,21,22,23). The molecule has 2 aliphatic heterocycles. The van der Waals surface area contributed by atoms with Gasteiger partial charge in [-0.3, -0.25) is 0 Å². The summed E-state index contributed by atoms with van der Waals surface area (Å²) in [6.45, 7) is 8.90. The van der Waals surface area contributed by atoms with Crippen LogP contribution in [0.15, 0.2) is 21.3 Å². The van der Waals surface area contributed by atoms with Gasteiger partial charge in [0, 0.05) is 37.6 Å². The molecule has 0 bridgehead atoms. The van der Waals surface area contributed by atoms with Crippen molar-refractivity contribution in [2.24, 2.45) is 4.99 Å². The molecule has 164 valence electrons. The third kappa shape index (κ3) is 6.67. The number of likely N-dealkylation sites (tertiary alicyclic amines) is 1. The predicted octanol–water partition coefficient (Wildman–Crippen LogP) is 2.46. The Morgan fingerprint density at radius 1 is 1.03 bits per heavy atom. The normalized spacial score (nSPS) is 20.0. The number of sulfonamides is 1. The Kier molecular flexibility index (Phi) is 8.77. The fourth-order valence-electron chi connectivity index (χ4n) is 3.83. The second-order valence-electron chi connectivity index (χ2n) is 7.71. The maximum atomic E-state index is 12.8. The van der Waals surface area contributed by atoms with E-state index >= 15 is 0 Å². The number of thiophene rings is 1. The lowest BCUT2D eigenvalue weighted by molar-refractivity contribution is 0.232. The lowest BCUT2D eigenvalue weighted by Gasteiger charge is -2.26. The molecule has 0 radical (unpaired) electrons. The number of guanidine groups is 1. The summed E-state index contributed by atoms with van der Waals surface area (Å²) in [4.78, 5) is 8.12. The lowest BCUT2D eigenvalue weighted by Crippen LogP contribution is -2.42. The molecule has 1 aromatic rings. The summed E-state index contributed by atoms with van der Waals surface area (Å²) >= 11 is 1.34. The highest BCUT2D eigenvalue weighted by Gasteiger charge is 2.27. The van der Waals surface area contributed by atoms with E-state index in [9.17, 15) is 8.42 Å². The van der Waals surface area contributed by atoms with Crippen molar-refractivity contribution in [1.82, 2.24) is 19.8 Å². The van der Waals surface area contributed by atoms with Crippen molar-refractivity contribution < 1.29 is 8.42 Å². The summed E-state index contributed by atoms with van der Waals surface area (Å²) in [6, 6.07) is 3.62. The number of hydrogen-bond donors (Lipinski definition) is 2. The molecule has 0 atom stereocenters. The van der Waals surface area contributed by atoms with Crippen molar-refractivity contribution >= 4 is 27.3 Å². The molecule has 9 heteroatoms. The fraction of sp³-hybridized carbons (Fsp3) is 0.750. The first-order chi connectivity index (χ1) is 14.1. The summed E-state index contributed by atoms with van der Waals surface area (Å²) in [5.41, 5.74) is 0. The monoisotopic (exact) mass is 441 g/mol. The van der Waals surface area contributed by atoms with E-state index in [0.29, 0.717) is 23.8 Å². The van der Waals surface area contributed by atoms with Gasteiger partial charge in [-0.15, -0.1) is 11.3 Å². The van der Waals surface area contributed by atoms with E-state index in [2.05, 4.69) is 27.4 Å². The van der Waals surface area contributed by atoms with Gasteiger partial charge < -0.3 is 15.5 Å². The quantitative estimate of drug-likeness (QED) is 0.479. The summed E-state index contributed by atoms with van der Waals surface area (Å²) in [5, 5.41) is 6.68. The van der Waals surface area contributed by atoms with Crippen molar-refractivity contribution in [2.75, 3.05) is 45.8 Å². The average molecular weight is 442 g/mol. The largest absolute Gasteiger partial charge is 0.357 e. The van der Waals surface area contributed by atoms with E-state index < -0.39 is 10.0 Å². The minimum atomic E-state index is -3.35. The van der Waals surface area contributed by atoms with Crippen molar-refractivity contribution in [3.05, 3.63) is 17.0 Å². The molecule has 0 aromatic carbocycles. The van der Waals surface area contributed by atoms with Crippen LogP contribution in [-0.2, 0) is 16.6 Å². The summed E-state index contributed by atoms with van der Waals surface area (Å²) in [5.74, 6) is 0.790. The highest BCUT2D eigenvalue weighted by atomic mass is 32.2. The number of hydrogen-bond acceptors (Lipinski definition) is 5. The van der Waals surface area contributed by atoms with E-state index in [1.165, 1.54) is 43.7 Å². The smallest absolute Gasteiger partial charge is 0.252 e. The van der Waals surface area contributed by atoms with E-state index in [1.807, 2.05) is 6.07 Å². The zero-order valence-electron chi connectivity index (χ0n) is 17.5. The van der Waals surface area contributed by atoms with Crippen LogP contribution in [-0.4, -0.2) is 69.4 Å². The van der Waals surface area contributed by atoms with Crippen LogP contribution < -0.4 is 10.6 Å². The van der Waals surface area contributed by atoms with Crippen LogP contribution in [0.1, 0.15) is 50.3 Å². The number of piperidine rings is 2. The molecule has 0 amide bonds. The molecule has 3 heterocycles. The van der Waals surface area contributed by atoms with Crippen LogP contribution in [0, 0.1) is 0 Å². The first-order valence-electron chi connectivity index (χ1n) is 10.9. The first kappa shape index (κ1) is 22.5. The predicted molar refractivity (Wildman–Crippen MR) is 120 cm³/mol. The molecule has 0 saturated carbocycles. The molecule has 2 aliphatic rings. The topological polar surface area (TPSA) is 77.0 Å². The van der Waals surface area contributed by atoms with E-state index in [4.69, 9.17) is 0 Å². The summed E-state index contributed by atoms with van der Waals surface area (Å²) in [6.07, 6.45) is 6.98. The number of rotatable bonds is 8. The molecule has 2 N–H and O–H groups in total. The molecule has 0 unspecified atom stereocenters. The zero-order valence-corrected chi connectivity index (χ0v) is 19.2. The van der Waals surface area contributed by atoms with Crippen molar-refractivity contribution in [2.45, 2.75) is 56.2 Å². The summed E-state index contributed by atoms with van der Waals surface area (Å²) in [7, 11) is -3.35. The van der Waals surface area contributed by atoms with Crippen LogP contribution in [0.2, 0.25) is 0 Å². The molecule has 3 rings (SSSR count). The zero-order chi connectivity index (χ0) is 20.5. The lowest BCUT2D eigenvalue weighted by atomic mass is 10.1. The van der Waals surface area contributed by atoms with Crippen LogP contribution in [0.3, 0.4) is 0 Å². The van der Waals surface area contributed by atoms with Gasteiger partial charge >= 0.3 is 0 Å². The SMILES string of the molecule is CCNC(=NCc1ccc(S(=O)(=O)N2CCCCC2)s1)NCCN1CCCCC1. The molecule has 1 aromatic heterocycles. The molecule has 2 saturated heterocycles. The van der Waals surface area contributed by atoms with Crippen LogP contribution in [0.4, 0.5) is 0 Å². The second-order valence-corrected chi connectivity index (χ2v) is 11.0. The third-order valence-electron chi connectivity index (χ3n) is 5.45. The Hall–Kier alpha value is -1.16. The number of nitrogens with one attached hydrogen (secondary N) is 2. The number of nitrogens with zero attached hydrogens (tertiary/aromatic N) is 3. The van der Waals surface area contributed by atoms with Gasteiger partial charge in [-0.1, -0.05) is 12.8 Å². The van der Waals surface area contributed by atoms with Gasteiger partial charge in [0.25, 0.3) is 10.0 Å². The van der Waals surface area contributed by atoms with Gasteiger partial charge in [0.05, 0.1) is 6.54 Å². The third-order valence-corrected chi connectivity index (χ3v) is 8.89. The molecule has 0 aliphatic carbocycles. The average Bonchev–Trinajstić information content (AvgIpc) is 3.23. The van der Waals surface area contributed by atoms with Crippen LogP contribution in [0.5, 0.6) is 0 Å². The highest BCUT2D eigenvalue weighted by molar-refractivity contribution is 7.91. The van der Waals surface area contributed by atoms with Crippen LogP contribution >= 0.6 is 11.3 Å². The van der Waals surface area contributed by atoms with Gasteiger partial charge in [0.2, 0.25) is 0 Å². The Morgan fingerprint density at radius 3 is 2.41 bits per heavy atom. The number of aliphatic imine (C=N–C) groups is 1. The summed E-state index contributed by atoms with van der Waals surface area (Å²) < 4.78 is 27.7.